The maximum absolute atomic E-state index is 6.06. The van der Waals surface area contributed by atoms with Crippen molar-refractivity contribution in [2.24, 2.45) is 16.3 Å². The highest BCUT2D eigenvalue weighted by Crippen LogP contribution is 2.62. The van der Waals surface area contributed by atoms with E-state index < -0.39 is 0 Å². The molecule has 2 saturated heterocycles. The van der Waals surface area contributed by atoms with Crippen LogP contribution >= 0.6 is 24.0 Å². The van der Waals surface area contributed by atoms with E-state index in [0.29, 0.717) is 23.5 Å². The van der Waals surface area contributed by atoms with Gasteiger partial charge >= 0.3 is 0 Å². The Hall–Kier alpha value is -0.120. The highest BCUT2D eigenvalue weighted by atomic mass is 127. The predicted molar refractivity (Wildman–Crippen MR) is 119 cm³/mol. The zero-order valence-electron chi connectivity index (χ0n) is 17.1. The Labute approximate surface area is 181 Å². The topological polar surface area (TPSA) is 58.1 Å². The molecule has 2 N–H and O–H groups in total. The van der Waals surface area contributed by atoms with Gasteiger partial charge in [-0.15, -0.1) is 24.0 Å². The van der Waals surface area contributed by atoms with Crippen LogP contribution in [0.3, 0.4) is 0 Å². The van der Waals surface area contributed by atoms with E-state index in [1.165, 1.54) is 25.7 Å². The number of nitrogens with one attached hydrogen (secondary N) is 2. The van der Waals surface area contributed by atoms with Crippen LogP contribution in [0, 0.1) is 11.3 Å². The van der Waals surface area contributed by atoms with Crippen LogP contribution in [-0.2, 0) is 9.47 Å². The van der Waals surface area contributed by atoms with Crippen LogP contribution in [0.1, 0.15) is 46.5 Å². The van der Waals surface area contributed by atoms with Crippen LogP contribution in [0.4, 0.5) is 0 Å². The number of ether oxygens (including phenoxy) is 2. The summed E-state index contributed by atoms with van der Waals surface area (Å²) in [5.41, 5.74) is 0.440. The Balaban J connectivity index is 0.00000210. The molecule has 4 rings (SSSR count). The summed E-state index contributed by atoms with van der Waals surface area (Å²) in [6.07, 6.45) is 5.67. The summed E-state index contributed by atoms with van der Waals surface area (Å²) in [5, 5.41) is 7.29. The number of hydrogen-bond acceptors (Lipinski definition) is 4. The van der Waals surface area contributed by atoms with Crippen molar-refractivity contribution in [3.8, 4) is 0 Å². The maximum atomic E-state index is 6.06. The molecule has 156 valence electrons. The number of halogens is 1. The van der Waals surface area contributed by atoms with E-state index in [1.807, 2.05) is 0 Å². The van der Waals surface area contributed by atoms with E-state index >= 15 is 0 Å². The van der Waals surface area contributed by atoms with Crippen molar-refractivity contribution in [3.63, 3.8) is 0 Å². The molecule has 0 aromatic carbocycles. The largest absolute Gasteiger partial charge is 0.379 e. The number of morpholine rings is 1. The summed E-state index contributed by atoms with van der Waals surface area (Å²) in [5.74, 6) is 1.65. The van der Waals surface area contributed by atoms with E-state index in [4.69, 9.17) is 14.5 Å². The lowest BCUT2D eigenvalue weighted by molar-refractivity contribution is -0.171. The first-order valence-corrected chi connectivity index (χ1v) is 10.6. The summed E-state index contributed by atoms with van der Waals surface area (Å²) in [4.78, 5) is 7.49. The highest BCUT2D eigenvalue weighted by molar-refractivity contribution is 14.0. The lowest BCUT2D eigenvalue weighted by Gasteiger charge is -2.63. The molecule has 0 aromatic heterocycles. The van der Waals surface area contributed by atoms with Crippen molar-refractivity contribution in [1.29, 1.82) is 0 Å². The van der Waals surface area contributed by atoms with Gasteiger partial charge in [0.1, 0.15) is 0 Å². The molecule has 4 fully saturated rings. The summed E-state index contributed by atoms with van der Waals surface area (Å²) >= 11 is 0. The van der Waals surface area contributed by atoms with Gasteiger partial charge in [-0.05, 0) is 40.0 Å². The fourth-order valence-corrected chi connectivity index (χ4v) is 5.46. The number of hydrogen-bond donors (Lipinski definition) is 2. The Bertz CT molecular complexity index is 532. The zero-order chi connectivity index (χ0) is 18.2. The normalized spacial score (nSPS) is 32.9. The number of aliphatic imine (C=N–C) groups is 1. The molecule has 4 aliphatic rings. The SMILES string of the molecule is CCNC(=NCC(C)(C)N1CCOCC1)NC1C2CCOC2C12CCC2.I. The lowest BCUT2D eigenvalue weighted by atomic mass is 9.46. The van der Waals surface area contributed by atoms with E-state index in [9.17, 15) is 0 Å². The van der Waals surface area contributed by atoms with Crippen molar-refractivity contribution >= 4 is 29.9 Å². The minimum absolute atomic E-state index is 0. The molecule has 2 aliphatic heterocycles. The zero-order valence-corrected chi connectivity index (χ0v) is 19.5. The molecule has 2 saturated carbocycles. The number of guanidine groups is 1. The summed E-state index contributed by atoms with van der Waals surface area (Å²) in [7, 11) is 0. The molecule has 2 aliphatic carbocycles. The third-order valence-corrected chi connectivity index (χ3v) is 7.16. The molecule has 0 bridgehead atoms. The van der Waals surface area contributed by atoms with Gasteiger partial charge in [-0.25, -0.2) is 0 Å². The van der Waals surface area contributed by atoms with Gasteiger partial charge in [0.15, 0.2) is 5.96 Å². The molecular formula is C20H37IN4O2. The maximum Gasteiger partial charge on any atom is 0.191 e. The van der Waals surface area contributed by atoms with Gasteiger partial charge in [-0.3, -0.25) is 9.89 Å². The van der Waals surface area contributed by atoms with Gasteiger partial charge in [-0.2, -0.15) is 0 Å². The van der Waals surface area contributed by atoms with Crippen molar-refractivity contribution in [3.05, 3.63) is 0 Å². The molecule has 3 unspecified atom stereocenters. The van der Waals surface area contributed by atoms with Crippen LogP contribution < -0.4 is 10.6 Å². The number of fused-ring (bicyclic) bond motifs is 2. The van der Waals surface area contributed by atoms with Gasteiger partial charge in [-0.1, -0.05) is 6.42 Å². The summed E-state index contributed by atoms with van der Waals surface area (Å²) in [6, 6.07) is 0.535. The van der Waals surface area contributed by atoms with Crippen LogP contribution in [-0.4, -0.2) is 74.5 Å². The Morgan fingerprint density at radius 2 is 1.96 bits per heavy atom. The first kappa shape index (κ1) is 21.6. The third-order valence-electron chi connectivity index (χ3n) is 7.16. The van der Waals surface area contributed by atoms with E-state index in [-0.39, 0.29) is 29.5 Å². The van der Waals surface area contributed by atoms with Gasteiger partial charge in [0.05, 0.1) is 25.9 Å². The van der Waals surface area contributed by atoms with Crippen LogP contribution in [0.15, 0.2) is 4.99 Å². The van der Waals surface area contributed by atoms with Crippen molar-refractivity contribution in [2.45, 2.75) is 64.1 Å². The molecule has 3 atom stereocenters. The average Bonchev–Trinajstić information content (AvgIpc) is 3.02. The first-order chi connectivity index (χ1) is 12.6. The predicted octanol–water partition coefficient (Wildman–Crippen LogP) is 2.23. The lowest BCUT2D eigenvalue weighted by Crippen LogP contribution is -2.72. The Kier molecular flexibility index (Phi) is 6.97. The van der Waals surface area contributed by atoms with E-state index in [1.54, 1.807) is 0 Å². The number of nitrogens with zero attached hydrogens (tertiary/aromatic N) is 2. The minimum atomic E-state index is 0. The highest BCUT2D eigenvalue weighted by Gasteiger charge is 2.66. The van der Waals surface area contributed by atoms with Gasteiger partial charge in [0.25, 0.3) is 0 Å². The second kappa shape index (κ2) is 8.71. The van der Waals surface area contributed by atoms with Crippen LogP contribution in [0.5, 0.6) is 0 Å². The summed E-state index contributed by atoms with van der Waals surface area (Å²) in [6.45, 7) is 13.0. The van der Waals surface area contributed by atoms with Crippen molar-refractivity contribution < 1.29 is 9.47 Å². The smallest absolute Gasteiger partial charge is 0.191 e. The Morgan fingerprint density at radius 3 is 2.59 bits per heavy atom. The van der Waals surface area contributed by atoms with Gasteiger partial charge in [0.2, 0.25) is 0 Å². The quantitative estimate of drug-likeness (QED) is 0.350. The number of rotatable bonds is 5. The second-order valence-corrected chi connectivity index (χ2v) is 9.06. The van der Waals surface area contributed by atoms with Crippen molar-refractivity contribution in [2.75, 3.05) is 46.0 Å². The fraction of sp³-hybridized carbons (Fsp3) is 0.950. The summed E-state index contributed by atoms with van der Waals surface area (Å²) < 4.78 is 11.6. The monoisotopic (exact) mass is 492 g/mol. The Morgan fingerprint density at radius 1 is 1.22 bits per heavy atom. The van der Waals surface area contributed by atoms with Crippen molar-refractivity contribution in [1.82, 2.24) is 15.5 Å². The molecule has 0 radical (unpaired) electrons. The second-order valence-electron chi connectivity index (χ2n) is 9.06. The molecule has 0 aromatic rings. The average molecular weight is 492 g/mol. The van der Waals surface area contributed by atoms with Crippen LogP contribution in [0.25, 0.3) is 0 Å². The molecule has 27 heavy (non-hydrogen) atoms. The molecular weight excluding hydrogens is 455 g/mol. The van der Waals surface area contributed by atoms with Gasteiger partial charge < -0.3 is 20.1 Å². The third kappa shape index (κ3) is 3.98. The standard InChI is InChI=1S/C20H36N4O2.HI/c1-4-21-18(22-14-19(2,3)24-9-12-25-13-10-24)23-16-15-6-11-26-17(15)20(16)7-5-8-20;/h15-17H,4-14H2,1-3H3,(H2,21,22,23);1H. The van der Waals surface area contributed by atoms with Crippen LogP contribution in [0.2, 0.25) is 0 Å². The first-order valence-electron chi connectivity index (χ1n) is 10.6. The molecule has 2 heterocycles. The molecule has 7 heteroatoms. The molecule has 6 nitrogen and oxygen atoms in total. The fourth-order valence-electron chi connectivity index (χ4n) is 5.46. The minimum Gasteiger partial charge on any atom is -0.379 e. The molecule has 0 amide bonds. The van der Waals surface area contributed by atoms with Gasteiger partial charge in [0, 0.05) is 49.2 Å². The molecule has 1 spiro atoms. The van der Waals surface area contributed by atoms with E-state index in [0.717, 1.165) is 52.0 Å². The van der Waals surface area contributed by atoms with E-state index in [2.05, 4.69) is 36.3 Å².